The first-order valence-corrected chi connectivity index (χ1v) is 5.34. The number of phenols is 2. The van der Waals surface area contributed by atoms with Crippen LogP contribution in [0.25, 0.3) is 0 Å². The van der Waals surface area contributed by atoms with Crippen LogP contribution in [0, 0.1) is 0 Å². The smallest absolute Gasteiger partial charge is 0.307 e. The first kappa shape index (κ1) is 13.3. The summed E-state index contributed by atoms with van der Waals surface area (Å²) in [7, 11) is 1.35. The molecule has 1 aromatic carbocycles. The van der Waals surface area contributed by atoms with Gasteiger partial charge in [-0.25, -0.2) is 0 Å². The Morgan fingerprint density at radius 1 is 1.41 bits per heavy atom. The summed E-state index contributed by atoms with van der Waals surface area (Å²) in [6.07, 6.45) is 0.292. The van der Waals surface area contributed by atoms with Crippen molar-refractivity contribution in [1.29, 1.82) is 0 Å². The number of aromatic hydroxyl groups is 2. The predicted octanol–water partition coefficient (Wildman–Crippen LogP) is 1.14. The van der Waals surface area contributed by atoms with Gasteiger partial charge in [0.1, 0.15) is 0 Å². The molecule has 0 saturated heterocycles. The number of hydrogen-bond acceptors (Lipinski definition) is 5. The highest BCUT2D eigenvalue weighted by atomic mass is 16.5. The number of ether oxygens (including phenoxy) is 1. The van der Waals surface area contributed by atoms with Crippen molar-refractivity contribution in [2.75, 3.05) is 7.11 Å². The lowest BCUT2D eigenvalue weighted by molar-refractivity contribution is -0.141. The molecule has 1 aromatic rings. The van der Waals surface area contributed by atoms with E-state index in [4.69, 9.17) is 5.11 Å². The molecule has 94 valence electrons. The van der Waals surface area contributed by atoms with E-state index in [0.29, 0.717) is 13.0 Å². The maximum absolute atomic E-state index is 11.0. The van der Waals surface area contributed by atoms with Crippen molar-refractivity contribution in [2.24, 2.45) is 0 Å². The first-order valence-electron chi connectivity index (χ1n) is 5.34. The lowest BCUT2D eigenvalue weighted by Gasteiger charge is -2.12. The summed E-state index contributed by atoms with van der Waals surface area (Å²) in [5.41, 5.74) is 0.831. The Labute approximate surface area is 100 Å². The van der Waals surface area contributed by atoms with Crippen LogP contribution < -0.4 is 5.32 Å². The molecule has 0 aliphatic heterocycles. The van der Waals surface area contributed by atoms with E-state index in [0.717, 1.165) is 5.56 Å². The molecule has 0 fully saturated rings. The largest absolute Gasteiger partial charge is 0.504 e. The normalized spacial score (nSPS) is 12.1. The Balaban J connectivity index is 2.44. The highest BCUT2D eigenvalue weighted by molar-refractivity contribution is 5.69. The zero-order valence-electron chi connectivity index (χ0n) is 9.93. The molecule has 17 heavy (non-hydrogen) atoms. The van der Waals surface area contributed by atoms with Crippen LogP contribution >= 0.6 is 0 Å². The fourth-order valence-electron chi connectivity index (χ4n) is 1.38. The van der Waals surface area contributed by atoms with Gasteiger partial charge in [0.25, 0.3) is 0 Å². The van der Waals surface area contributed by atoms with Crippen LogP contribution in [-0.2, 0) is 16.1 Å². The van der Waals surface area contributed by atoms with E-state index in [9.17, 15) is 9.90 Å². The van der Waals surface area contributed by atoms with Crippen LogP contribution in [0.2, 0.25) is 0 Å². The molecule has 0 aliphatic rings. The fourth-order valence-corrected chi connectivity index (χ4v) is 1.38. The molecular weight excluding hydrogens is 222 g/mol. The van der Waals surface area contributed by atoms with Gasteiger partial charge >= 0.3 is 5.97 Å². The monoisotopic (exact) mass is 239 g/mol. The van der Waals surface area contributed by atoms with Crippen molar-refractivity contribution in [1.82, 2.24) is 5.32 Å². The number of carbonyl (C=O) groups excluding carboxylic acids is 1. The van der Waals surface area contributed by atoms with E-state index in [1.807, 2.05) is 6.92 Å². The van der Waals surface area contributed by atoms with Crippen LogP contribution in [0.3, 0.4) is 0 Å². The molecule has 1 unspecified atom stereocenters. The number of hydrogen-bond donors (Lipinski definition) is 3. The number of esters is 1. The summed E-state index contributed by atoms with van der Waals surface area (Å²) >= 11 is 0. The van der Waals surface area contributed by atoms with Crippen LogP contribution in [-0.4, -0.2) is 29.3 Å². The summed E-state index contributed by atoms with van der Waals surface area (Å²) in [5.74, 6) is -0.556. The minimum absolute atomic E-state index is 0.0154. The second kappa shape index (κ2) is 6.10. The highest BCUT2D eigenvalue weighted by Crippen LogP contribution is 2.24. The van der Waals surface area contributed by atoms with E-state index in [2.05, 4.69) is 10.1 Å². The molecule has 5 heteroatoms. The third-order valence-corrected chi connectivity index (χ3v) is 2.39. The highest BCUT2D eigenvalue weighted by Gasteiger charge is 2.08. The van der Waals surface area contributed by atoms with Gasteiger partial charge in [0.15, 0.2) is 11.5 Å². The van der Waals surface area contributed by atoms with Gasteiger partial charge in [0.05, 0.1) is 13.5 Å². The zero-order chi connectivity index (χ0) is 12.8. The molecule has 0 spiro atoms. The number of methoxy groups -OCH3 is 1. The molecule has 0 radical (unpaired) electrons. The average molecular weight is 239 g/mol. The van der Waals surface area contributed by atoms with E-state index in [1.165, 1.54) is 19.2 Å². The van der Waals surface area contributed by atoms with Gasteiger partial charge < -0.3 is 20.3 Å². The molecule has 1 atom stereocenters. The minimum atomic E-state index is -0.265. The maximum atomic E-state index is 11.0. The molecule has 0 amide bonds. The third kappa shape index (κ3) is 4.32. The van der Waals surface area contributed by atoms with Crippen LogP contribution in [0.5, 0.6) is 11.5 Å². The van der Waals surface area contributed by atoms with Crippen molar-refractivity contribution < 1.29 is 19.7 Å². The molecular formula is C12H17NO4. The molecule has 0 aliphatic carbocycles. The Bertz CT molecular complexity index is 392. The van der Waals surface area contributed by atoms with Gasteiger partial charge in [-0.3, -0.25) is 4.79 Å². The molecule has 1 rings (SSSR count). The van der Waals surface area contributed by atoms with Crippen LogP contribution in [0.4, 0.5) is 0 Å². The van der Waals surface area contributed by atoms with E-state index >= 15 is 0 Å². The van der Waals surface area contributed by atoms with E-state index in [-0.39, 0.29) is 23.5 Å². The third-order valence-electron chi connectivity index (χ3n) is 2.39. The molecule has 0 aromatic heterocycles. The van der Waals surface area contributed by atoms with Crippen molar-refractivity contribution in [3.05, 3.63) is 23.8 Å². The van der Waals surface area contributed by atoms with Gasteiger partial charge in [0, 0.05) is 12.6 Å². The quantitative estimate of drug-likeness (QED) is 0.530. The number of benzene rings is 1. The summed E-state index contributed by atoms with van der Waals surface area (Å²) in [6.45, 7) is 2.38. The number of nitrogens with one attached hydrogen (secondary N) is 1. The zero-order valence-corrected chi connectivity index (χ0v) is 9.93. The molecule has 3 N–H and O–H groups in total. The Hall–Kier alpha value is -1.75. The van der Waals surface area contributed by atoms with E-state index < -0.39 is 0 Å². The maximum Gasteiger partial charge on any atom is 0.307 e. The Morgan fingerprint density at radius 2 is 2.12 bits per heavy atom. The van der Waals surface area contributed by atoms with Crippen molar-refractivity contribution in [3.63, 3.8) is 0 Å². The summed E-state index contributed by atoms with van der Waals surface area (Å²) < 4.78 is 4.56. The molecule has 0 heterocycles. The standard InChI is InChI=1S/C12H17NO4/c1-8(5-12(16)17-2)13-7-9-3-4-10(14)11(15)6-9/h3-4,6,8,13-15H,5,7H2,1-2H3. The van der Waals surface area contributed by atoms with E-state index in [1.54, 1.807) is 6.07 Å². The summed E-state index contributed by atoms with van der Waals surface area (Å²) in [5, 5.41) is 21.6. The lowest BCUT2D eigenvalue weighted by Crippen LogP contribution is -2.28. The Morgan fingerprint density at radius 3 is 2.71 bits per heavy atom. The molecule has 5 nitrogen and oxygen atoms in total. The minimum Gasteiger partial charge on any atom is -0.504 e. The average Bonchev–Trinajstić information content (AvgIpc) is 2.30. The number of phenolic OH excluding ortho intramolecular Hbond substituents is 2. The first-order chi connectivity index (χ1) is 8.02. The molecule has 0 saturated carbocycles. The van der Waals surface area contributed by atoms with Crippen LogP contribution in [0.15, 0.2) is 18.2 Å². The van der Waals surface area contributed by atoms with Crippen LogP contribution in [0.1, 0.15) is 18.9 Å². The van der Waals surface area contributed by atoms with Gasteiger partial charge in [-0.1, -0.05) is 6.07 Å². The van der Waals surface area contributed by atoms with Crippen molar-refractivity contribution in [2.45, 2.75) is 25.9 Å². The predicted molar refractivity (Wildman–Crippen MR) is 62.7 cm³/mol. The van der Waals surface area contributed by atoms with Gasteiger partial charge in [-0.2, -0.15) is 0 Å². The summed E-state index contributed by atoms with van der Waals surface area (Å²) in [6, 6.07) is 4.59. The van der Waals surface area contributed by atoms with Crippen molar-refractivity contribution in [3.8, 4) is 11.5 Å². The molecule has 0 bridgehead atoms. The second-order valence-corrected chi connectivity index (χ2v) is 3.89. The van der Waals surface area contributed by atoms with Gasteiger partial charge in [-0.15, -0.1) is 0 Å². The lowest BCUT2D eigenvalue weighted by atomic mass is 10.1. The van der Waals surface area contributed by atoms with Crippen molar-refractivity contribution >= 4 is 5.97 Å². The SMILES string of the molecule is COC(=O)CC(C)NCc1ccc(O)c(O)c1. The number of carbonyl (C=O) groups is 1. The van der Waals surface area contributed by atoms with Gasteiger partial charge in [0.2, 0.25) is 0 Å². The number of rotatable bonds is 5. The second-order valence-electron chi connectivity index (χ2n) is 3.89. The fraction of sp³-hybridized carbons (Fsp3) is 0.417. The topological polar surface area (TPSA) is 78.8 Å². The Kier molecular flexibility index (Phi) is 4.78. The van der Waals surface area contributed by atoms with Gasteiger partial charge in [-0.05, 0) is 24.6 Å². The summed E-state index contributed by atoms with van der Waals surface area (Å²) in [4.78, 5) is 11.0.